The van der Waals surface area contributed by atoms with Crippen LogP contribution in [0, 0.1) is 0 Å². The van der Waals surface area contributed by atoms with E-state index in [-0.39, 0.29) is 11.8 Å². The Bertz CT molecular complexity index is 1050. The molecule has 134 valence electrons. The van der Waals surface area contributed by atoms with Crippen LogP contribution >= 0.6 is 0 Å². The SMILES string of the molecule is CNC(=O)CC(c1ccccc1)c1c(-c2ccccc2)[nH]c2ccccc12. The largest absolute Gasteiger partial charge is 0.359 e. The standard InChI is InChI=1S/C24H22N2O/c1-25-22(27)16-20(17-10-4-2-5-11-17)23-19-14-8-9-15-21(19)26-24(23)18-12-6-3-7-13-18/h2-15,20,26H,16H2,1H3,(H,25,27). The highest BCUT2D eigenvalue weighted by atomic mass is 16.1. The highest BCUT2D eigenvalue weighted by molar-refractivity contribution is 5.93. The zero-order valence-electron chi connectivity index (χ0n) is 15.3. The van der Waals surface area contributed by atoms with E-state index in [0.29, 0.717) is 6.42 Å². The van der Waals surface area contributed by atoms with Crippen molar-refractivity contribution in [2.75, 3.05) is 7.05 Å². The van der Waals surface area contributed by atoms with Gasteiger partial charge in [-0.15, -0.1) is 0 Å². The molecule has 3 aromatic carbocycles. The fourth-order valence-corrected chi connectivity index (χ4v) is 3.72. The number of aromatic nitrogens is 1. The van der Waals surface area contributed by atoms with Crippen molar-refractivity contribution in [3.8, 4) is 11.3 Å². The van der Waals surface area contributed by atoms with Crippen molar-refractivity contribution in [1.29, 1.82) is 0 Å². The number of aromatic amines is 1. The van der Waals surface area contributed by atoms with Gasteiger partial charge in [-0.1, -0.05) is 78.9 Å². The van der Waals surface area contributed by atoms with Crippen molar-refractivity contribution >= 4 is 16.8 Å². The van der Waals surface area contributed by atoms with Crippen molar-refractivity contribution in [3.63, 3.8) is 0 Å². The van der Waals surface area contributed by atoms with Gasteiger partial charge in [-0.05, 0) is 22.8 Å². The lowest BCUT2D eigenvalue weighted by atomic mass is 9.85. The van der Waals surface area contributed by atoms with E-state index in [1.165, 1.54) is 5.56 Å². The van der Waals surface area contributed by atoms with Crippen molar-refractivity contribution in [2.45, 2.75) is 12.3 Å². The number of carbonyl (C=O) groups is 1. The predicted octanol–water partition coefficient (Wildman–Crippen LogP) is 5.10. The summed E-state index contributed by atoms with van der Waals surface area (Å²) in [6.45, 7) is 0. The third-order valence-corrected chi connectivity index (χ3v) is 5.03. The summed E-state index contributed by atoms with van der Waals surface area (Å²) in [7, 11) is 1.69. The Balaban J connectivity index is 1.97. The van der Waals surface area contributed by atoms with Crippen LogP contribution in [0.5, 0.6) is 0 Å². The summed E-state index contributed by atoms with van der Waals surface area (Å²) in [5, 5.41) is 3.95. The minimum absolute atomic E-state index is 0.0301. The molecule has 1 atom stereocenters. The van der Waals surface area contributed by atoms with Gasteiger partial charge in [0.25, 0.3) is 0 Å². The molecule has 0 aliphatic carbocycles. The highest BCUT2D eigenvalue weighted by Gasteiger charge is 2.25. The van der Waals surface area contributed by atoms with Crippen molar-refractivity contribution < 1.29 is 4.79 Å². The van der Waals surface area contributed by atoms with Crippen LogP contribution in [0.25, 0.3) is 22.2 Å². The van der Waals surface area contributed by atoms with E-state index in [2.05, 4.69) is 52.8 Å². The maximum Gasteiger partial charge on any atom is 0.220 e. The van der Waals surface area contributed by atoms with Gasteiger partial charge in [0, 0.05) is 30.3 Å². The van der Waals surface area contributed by atoms with Crippen LogP contribution in [0.1, 0.15) is 23.5 Å². The molecular formula is C24H22N2O. The summed E-state index contributed by atoms with van der Waals surface area (Å²) in [6, 6.07) is 28.9. The second kappa shape index (κ2) is 7.50. The lowest BCUT2D eigenvalue weighted by Gasteiger charge is -2.19. The van der Waals surface area contributed by atoms with Gasteiger partial charge in [-0.3, -0.25) is 4.79 Å². The van der Waals surface area contributed by atoms with Crippen LogP contribution in [-0.2, 0) is 4.79 Å². The summed E-state index contributed by atoms with van der Waals surface area (Å²) >= 11 is 0. The number of amides is 1. The molecular weight excluding hydrogens is 332 g/mol. The molecule has 27 heavy (non-hydrogen) atoms. The number of hydrogen-bond donors (Lipinski definition) is 2. The van der Waals surface area contributed by atoms with E-state index in [0.717, 1.165) is 27.7 Å². The Morgan fingerprint density at radius 1 is 0.889 bits per heavy atom. The lowest BCUT2D eigenvalue weighted by molar-refractivity contribution is -0.120. The highest BCUT2D eigenvalue weighted by Crippen LogP contribution is 2.40. The first-order valence-corrected chi connectivity index (χ1v) is 9.19. The van der Waals surface area contributed by atoms with Gasteiger partial charge < -0.3 is 10.3 Å². The van der Waals surface area contributed by atoms with Crippen LogP contribution in [0.15, 0.2) is 84.9 Å². The van der Waals surface area contributed by atoms with E-state index in [4.69, 9.17) is 0 Å². The molecule has 0 spiro atoms. The third-order valence-electron chi connectivity index (χ3n) is 5.03. The number of rotatable bonds is 5. The molecule has 0 aliphatic heterocycles. The van der Waals surface area contributed by atoms with Crippen LogP contribution in [0.3, 0.4) is 0 Å². The smallest absolute Gasteiger partial charge is 0.220 e. The molecule has 0 bridgehead atoms. The number of fused-ring (bicyclic) bond motifs is 1. The van der Waals surface area contributed by atoms with E-state index < -0.39 is 0 Å². The van der Waals surface area contributed by atoms with E-state index in [1.807, 2.05) is 42.5 Å². The van der Waals surface area contributed by atoms with Crippen molar-refractivity contribution in [2.24, 2.45) is 0 Å². The molecule has 4 aromatic rings. The van der Waals surface area contributed by atoms with Crippen LogP contribution in [0.2, 0.25) is 0 Å². The second-order valence-corrected chi connectivity index (χ2v) is 6.67. The first kappa shape index (κ1) is 17.1. The fourth-order valence-electron chi connectivity index (χ4n) is 3.72. The average Bonchev–Trinajstić information content (AvgIpc) is 3.12. The minimum Gasteiger partial charge on any atom is -0.359 e. The molecule has 0 fully saturated rings. The van der Waals surface area contributed by atoms with Crippen LogP contribution < -0.4 is 5.32 Å². The van der Waals surface area contributed by atoms with Gasteiger partial charge in [0.05, 0.1) is 5.69 Å². The molecule has 1 aromatic heterocycles. The average molecular weight is 354 g/mol. The monoisotopic (exact) mass is 354 g/mol. The summed E-state index contributed by atoms with van der Waals surface area (Å²) in [6.07, 6.45) is 0.405. The molecule has 4 rings (SSSR count). The molecule has 3 heteroatoms. The molecule has 0 radical (unpaired) electrons. The number of H-pyrrole nitrogens is 1. The second-order valence-electron chi connectivity index (χ2n) is 6.67. The van der Waals surface area contributed by atoms with Crippen LogP contribution in [0.4, 0.5) is 0 Å². The minimum atomic E-state index is -0.0301. The Hall–Kier alpha value is -3.33. The van der Waals surface area contributed by atoms with Gasteiger partial charge >= 0.3 is 0 Å². The fraction of sp³-hybridized carbons (Fsp3) is 0.125. The first-order valence-electron chi connectivity index (χ1n) is 9.19. The van der Waals surface area contributed by atoms with E-state index in [1.54, 1.807) is 7.05 Å². The molecule has 0 saturated heterocycles. The summed E-state index contributed by atoms with van der Waals surface area (Å²) < 4.78 is 0. The number of para-hydroxylation sites is 1. The predicted molar refractivity (Wildman–Crippen MR) is 111 cm³/mol. The maximum absolute atomic E-state index is 12.4. The summed E-state index contributed by atoms with van der Waals surface area (Å²) in [5.41, 5.74) is 5.61. The quantitative estimate of drug-likeness (QED) is 0.514. The molecule has 2 N–H and O–H groups in total. The van der Waals surface area contributed by atoms with E-state index in [9.17, 15) is 4.79 Å². The first-order chi connectivity index (χ1) is 13.3. The molecule has 0 aliphatic rings. The number of carbonyl (C=O) groups excluding carboxylic acids is 1. The van der Waals surface area contributed by atoms with E-state index >= 15 is 0 Å². The molecule has 1 heterocycles. The number of benzene rings is 3. The Kier molecular flexibility index (Phi) is 4.75. The Labute approximate surface area is 159 Å². The molecule has 1 amide bonds. The van der Waals surface area contributed by atoms with Crippen molar-refractivity contribution in [3.05, 3.63) is 96.1 Å². The van der Waals surface area contributed by atoms with Crippen LogP contribution in [-0.4, -0.2) is 17.9 Å². The lowest BCUT2D eigenvalue weighted by Crippen LogP contribution is -2.21. The molecule has 0 saturated carbocycles. The Morgan fingerprint density at radius 3 is 2.22 bits per heavy atom. The zero-order valence-corrected chi connectivity index (χ0v) is 15.3. The number of hydrogen-bond acceptors (Lipinski definition) is 1. The normalized spacial score (nSPS) is 12.0. The molecule has 1 unspecified atom stereocenters. The third kappa shape index (κ3) is 3.36. The zero-order chi connectivity index (χ0) is 18.6. The maximum atomic E-state index is 12.4. The summed E-state index contributed by atoms with van der Waals surface area (Å²) in [5.74, 6) is 0.00523. The van der Waals surface area contributed by atoms with Gasteiger partial charge in [0.2, 0.25) is 5.91 Å². The van der Waals surface area contributed by atoms with Gasteiger partial charge in [-0.2, -0.15) is 0 Å². The summed E-state index contributed by atoms with van der Waals surface area (Å²) in [4.78, 5) is 15.9. The molecule has 3 nitrogen and oxygen atoms in total. The van der Waals surface area contributed by atoms with Gasteiger partial charge in [0.15, 0.2) is 0 Å². The number of nitrogens with one attached hydrogen (secondary N) is 2. The van der Waals surface area contributed by atoms with Crippen molar-refractivity contribution in [1.82, 2.24) is 10.3 Å². The topological polar surface area (TPSA) is 44.9 Å². The van der Waals surface area contributed by atoms with Gasteiger partial charge in [-0.25, -0.2) is 0 Å². The Morgan fingerprint density at radius 2 is 1.52 bits per heavy atom. The van der Waals surface area contributed by atoms with Gasteiger partial charge in [0.1, 0.15) is 0 Å².